The van der Waals surface area contributed by atoms with Crippen LogP contribution < -0.4 is 10.1 Å². The van der Waals surface area contributed by atoms with Crippen LogP contribution in [0.4, 0.5) is 4.79 Å². The van der Waals surface area contributed by atoms with Crippen LogP contribution in [-0.2, 0) is 11.4 Å². The van der Waals surface area contributed by atoms with Gasteiger partial charge in [-0.05, 0) is 48.9 Å². The van der Waals surface area contributed by atoms with E-state index >= 15 is 0 Å². The second-order valence-corrected chi connectivity index (χ2v) is 7.47. The van der Waals surface area contributed by atoms with Crippen LogP contribution in [0.5, 0.6) is 5.75 Å². The van der Waals surface area contributed by atoms with E-state index in [9.17, 15) is 9.59 Å². The number of benzene rings is 2. The largest absolute Gasteiger partial charge is 0.488 e. The molecule has 2 aromatic rings. The molecule has 26 heavy (non-hydrogen) atoms. The van der Waals surface area contributed by atoms with Gasteiger partial charge < -0.3 is 10.1 Å². The van der Waals surface area contributed by atoms with Crippen molar-refractivity contribution in [1.82, 2.24) is 10.2 Å². The van der Waals surface area contributed by atoms with Crippen molar-refractivity contribution in [3.05, 3.63) is 68.2 Å². The van der Waals surface area contributed by atoms with Gasteiger partial charge in [0.05, 0.1) is 0 Å². The minimum Gasteiger partial charge on any atom is -0.488 e. The monoisotopic (exact) mass is 478 g/mol. The Morgan fingerprint density at radius 3 is 2.42 bits per heavy atom. The van der Waals surface area contributed by atoms with Crippen molar-refractivity contribution in [2.24, 2.45) is 0 Å². The number of hydrogen-bond donors (Lipinski definition) is 1. The summed E-state index contributed by atoms with van der Waals surface area (Å²) in [6, 6.07) is 13.0. The van der Waals surface area contributed by atoms with Gasteiger partial charge in [0, 0.05) is 21.1 Å². The van der Waals surface area contributed by atoms with Crippen LogP contribution in [-0.4, -0.2) is 23.4 Å². The molecular formula is C19H16Br2N2O3. The van der Waals surface area contributed by atoms with Crippen LogP contribution in [0.15, 0.2) is 57.1 Å². The van der Waals surface area contributed by atoms with Crippen molar-refractivity contribution in [3.8, 4) is 5.75 Å². The zero-order chi connectivity index (χ0) is 18.7. The SMILES string of the molecule is CCN1C(=O)N/C(=C/c2cc(Br)ccc2OCc2ccc(Br)cc2)C1=O. The molecule has 5 nitrogen and oxygen atoms in total. The Bertz CT molecular complexity index is 879. The molecule has 1 aliphatic heterocycles. The zero-order valence-corrected chi connectivity index (χ0v) is 17.1. The molecule has 0 radical (unpaired) electrons. The fourth-order valence-electron chi connectivity index (χ4n) is 2.52. The number of rotatable bonds is 5. The molecule has 0 aromatic heterocycles. The minimum atomic E-state index is -0.406. The van der Waals surface area contributed by atoms with E-state index in [1.165, 1.54) is 0 Å². The Labute approximate surface area is 168 Å². The zero-order valence-electron chi connectivity index (χ0n) is 14.0. The standard InChI is InChI=1S/C19H16Br2N2O3/c1-2-23-18(24)16(22-19(23)25)10-13-9-15(21)7-8-17(13)26-11-12-3-5-14(20)6-4-12/h3-10H,2,11H2,1H3,(H,22,25)/b16-10+. The molecule has 134 valence electrons. The summed E-state index contributed by atoms with van der Waals surface area (Å²) in [4.78, 5) is 25.3. The summed E-state index contributed by atoms with van der Waals surface area (Å²) < 4.78 is 7.78. The highest BCUT2D eigenvalue weighted by molar-refractivity contribution is 9.10. The number of halogens is 2. The molecule has 3 rings (SSSR count). The Balaban J connectivity index is 1.84. The van der Waals surface area contributed by atoms with Crippen molar-refractivity contribution >= 4 is 49.9 Å². The number of nitrogens with zero attached hydrogens (tertiary/aromatic N) is 1. The minimum absolute atomic E-state index is 0.239. The molecule has 0 saturated carbocycles. The van der Waals surface area contributed by atoms with E-state index in [2.05, 4.69) is 37.2 Å². The normalized spacial score (nSPS) is 15.5. The number of hydrogen-bond acceptors (Lipinski definition) is 3. The van der Waals surface area contributed by atoms with Gasteiger partial charge in [-0.25, -0.2) is 4.79 Å². The van der Waals surface area contributed by atoms with Crippen LogP contribution in [0.25, 0.3) is 6.08 Å². The van der Waals surface area contributed by atoms with Gasteiger partial charge in [0.1, 0.15) is 18.1 Å². The molecule has 0 atom stereocenters. The first-order valence-electron chi connectivity index (χ1n) is 7.99. The number of imide groups is 1. The average Bonchev–Trinajstić information content (AvgIpc) is 2.88. The first kappa shape index (κ1) is 18.7. The molecule has 3 amide bonds. The molecule has 2 aromatic carbocycles. The molecule has 0 aliphatic carbocycles. The van der Waals surface area contributed by atoms with Crippen molar-refractivity contribution in [2.45, 2.75) is 13.5 Å². The van der Waals surface area contributed by atoms with Gasteiger partial charge in [-0.1, -0.05) is 44.0 Å². The van der Waals surface area contributed by atoms with Crippen LogP contribution in [0, 0.1) is 0 Å². The van der Waals surface area contributed by atoms with E-state index in [-0.39, 0.29) is 11.6 Å². The lowest BCUT2D eigenvalue weighted by atomic mass is 10.1. The van der Waals surface area contributed by atoms with E-state index in [0.717, 1.165) is 19.4 Å². The third kappa shape index (κ3) is 4.16. The van der Waals surface area contributed by atoms with Gasteiger partial charge in [-0.2, -0.15) is 0 Å². The fraction of sp³-hybridized carbons (Fsp3) is 0.158. The van der Waals surface area contributed by atoms with E-state index in [1.54, 1.807) is 13.0 Å². The quantitative estimate of drug-likeness (QED) is 0.499. The van der Waals surface area contributed by atoms with Gasteiger partial charge in [-0.3, -0.25) is 9.69 Å². The molecule has 0 bridgehead atoms. The molecule has 1 aliphatic rings. The summed E-state index contributed by atoms with van der Waals surface area (Å²) in [5, 5.41) is 2.60. The number of amides is 3. The average molecular weight is 480 g/mol. The number of nitrogens with one attached hydrogen (secondary N) is 1. The Kier molecular flexibility index (Phi) is 5.78. The number of likely N-dealkylation sites (N-methyl/N-ethyl adjacent to an activating group) is 1. The summed E-state index contributed by atoms with van der Waals surface area (Å²) >= 11 is 6.84. The predicted octanol–water partition coefficient (Wildman–Crippen LogP) is 4.70. The lowest BCUT2D eigenvalue weighted by Crippen LogP contribution is -2.30. The number of ether oxygens (including phenoxy) is 1. The predicted molar refractivity (Wildman–Crippen MR) is 107 cm³/mol. The summed E-state index contributed by atoms with van der Waals surface area (Å²) in [5.41, 5.74) is 1.97. The maximum absolute atomic E-state index is 12.3. The van der Waals surface area contributed by atoms with E-state index < -0.39 is 6.03 Å². The second kappa shape index (κ2) is 8.05. The van der Waals surface area contributed by atoms with Gasteiger partial charge in [-0.15, -0.1) is 0 Å². The lowest BCUT2D eigenvalue weighted by molar-refractivity contribution is -0.122. The molecule has 1 N–H and O–H groups in total. The molecule has 1 saturated heterocycles. The number of carbonyl (C=O) groups excluding carboxylic acids is 2. The topological polar surface area (TPSA) is 58.6 Å². The maximum atomic E-state index is 12.3. The van der Waals surface area contributed by atoms with Crippen LogP contribution in [0.1, 0.15) is 18.1 Å². The van der Waals surface area contributed by atoms with Gasteiger partial charge in [0.15, 0.2) is 0 Å². The van der Waals surface area contributed by atoms with Crippen LogP contribution in [0.3, 0.4) is 0 Å². The summed E-state index contributed by atoms with van der Waals surface area (Å²) in [6.07, 6.45) is 1.64. The smallest absolute Gasteiger partial charge is 0.328 e. The maximum Gasteiger partial charge on any atom is 0.328 e. The highest BCUT2D eigenvalue weighted by atomic mass is 79.9. The van der Waals surface area contributed by atoms with E-state index in [0.29, 0.717) is 24.5 Å². The Morgan fingerprint density at radius 2 is 1.77 bits per heavy atom. The van der Waals surface area contributed by atoms with Crippen LogP contribution in [0.2, 0.25) is 0 Å². The molecular weight excluding hydrogens is 464 g/mol. The summed E-state index contributed by atoms with van der Waals surface area (Å²) in [6.45, 7) is 2.48. The van der Waals surface area contributed by atoms with E-state index in [4.69, 9.17) is 4.74 Å². The van der Waals surface area contributed by atoms with Gasteiger partial charge in [0.25, 0.3) is 5.91 Å². The fourth-order valence-corrected chi connectivity index (χ4v) is 3.16. The highest BCUT2D eigenvalue weighted by Crippen LogP contribution is 2.27. The molecule has 1 heterocycles. The van der Waals surface area contributed by atoms with Crippen molar-refractivity contribution in [3.63, 3.8) is 0 Å². The molecule has 1 fully saturated rings. The molecule has 0 spiro atoms. The van der Waals surface area contributed by atoms with Crippen molar-refractivity contribution in [2.75, 3.05) is 6.54 Å². The van der Waals surface area contributed by atoms with Crippen LogP contribution >= 0.6 is 31.9 Å². The van der Waals surface area contributed by atoms with E-state index in [1.807, 2.05) is 42.5 Å². The first-order valence-corrected chi connectivity index (χ1v) is 9.58. The number of urea groups is 1. The second-order valence-electron chi connectivity index (χ2n) is 5.63. The Hall–Kier alpha value is -2.12. The third-order valence-corrected chi connectivity index (χ3v) is 4.88. The first-order chi connectivity index (χ1) is 12.5. The third-order valence-electron chi connectivity index (χ3n) is 3.86. The summed E-state index contributed by atoms with van der Waals surface area (Å²) in [5.74, 6) is 0.289. The van der Waals surface area contributed by atoms with Gasteiger partial charge >= 0.3 is 6.03 Å². The highest BCUT2D eigenvalue weighted by Gasteiger charge is 2.32. The molecule has 7 heteroatoms. The van der Waals surface area contributed by atoms with Gasteiger partial charge in [0.2, 0.25) is 0 Å². The van der Waals surface area contributed by atoms with Crippen molar-refractivity contribution < 1.29 is 14.3 Å². The summed E-state index contributed by atoms with van der Waals surface area (Å²) in [7, 11) is 0. The molecule has 0 unspecified atom stereocenters. The lowest BCUT2D eigenvalue weighted by Gasteiger charge is -2.11. The van der Waals surface area contributed by atoms with Crippen molar-refractivity contribution in [1.29, 1.82) is 0 Å². The Morgan fingerprint density at radius 1 is 1.08 bits per heavy atom. The number of carbonyl (C=O) groups is 2.